The molecule has 0 aliphatic carbocycles. The number of hydrogen-bond donors (Lipinski definition) is 2. The van der Waals surface area contributed by atoms with Gasteiger partial charge in [0.2, 0.25) is 0 Å². The molecule has 0 aromatic heterocycles. The van der Waals surface area contributed by atoms with Crippen LogP contribution in [0.15, 0.2) is 42.5 Å². The SMILES string of the molecule is CCCCCCc1cc(-c2ccc(O)cc2)ccc1O. The van der Waals surface area contributed by atoms with Gasteiger partial charge in [-0.25, -0.2) is 0 Å². The highest BCUT2D eigenvalue weighted by Crippen LogP contribution is 2.28. The summed E-state index contributed by atoms with van der Waals surface area (Å²) in [5.74, 6) is 0.649. The minimum atomic E-state index is 0.271. The Bertz CT molecular complexity index is 544. The summed E-state index contributed by atoms with van der Waals surface area (Å²) in [5.41, 5.74) is 3.14. The van der Waals surface area contributed by atoms with Crippen molar-refractivity contribution in [2.45, 2.75) is 39.0 Å². The number of phenols is 2. The molecule has 0 radical (unpaired) electrons. The zero-order valence-electron chi connectivity index (χ0n) is 12.0. The van der Waals surface area contributed by atoms with Crippen molar-refractivity contribution in [3.63, 3.8) is 0 Å². The molecular weight excluding hydrogens is 248 g/mol. The lowest BCUT2D eigenvalue weighted by molar-refractivity contribution is 0.466. The number of aromatic hydroxyl groups is 2. The molecule has 2 heteroatoms. The van der Waals surface area contributed by atoms with E-state index in [1.807, 2.05) is 24.3 Å². The zero-order valence-corrected chi connectivity index (χ0v) is 12.0. The van der Waals surface area contributed by atoms with Gasteiger partial charge in [-0.1, -0.05) is 44.4 Å². The molecule has 2 nitrogen and oxygen atoms in total. The molecule has 0 amide bonds. The largest absolute Gasteiger partial charge is 0.508 e. The van der Waals surface area contributed by atoms with E-state index in [1.54, 1.807) is 18.2 Å². The van der Waals surface area contributed by atoms with Crippen molar-refractivity contribution in [1.29, 1.82) is 0 Å². The van der Waals surface area contributed by atoms with Crippen molar-refractivity contribution in [3.05, 3.63) is 48.0 Å². The molecule has 2 aromatic carbocycles. The molecule has 0 fully saturated rings. The number of phenolic OH excluding ortho intramolecular Hbond substituents is 2. The van der Waals surface area contributed by atoms with Crippen molar-refractivity contribution in [2.75, 3.05) is 0 Å². The molecule has 0 unspecified atom stereocenters. The quantitative estimate of drug-likeness (QED) is 0.734. The van der Waals surface area contributed by atoms with Gasteiger partial charge in [-0.05, 0) is 53.8 Å². The summed E-state index contributed by atoms with van der Waals surface area (Å²) in [7, 11) is 0. The highest BCUT2D eigenvalue weighted by Gasteiger charge is 2.05. The van der Waals surface area contributed by atoms with E-state index in [-0.39, 0.29) is 5.75 Å². The van der Waals surface area contributed by atoms with Crippen LogP contribution in [0.2, 0.25) is 0 Å². The normalized spacial score (nSPS) is 10.7. The Kier molecular flexibility index (Phi) is 5.05. The fourth-order valence-electron chi connectivity index (χ4n) is 2.36. The Hall–Kier alpha value is -1.96. The molecule has 2 N–H and O–H groups in total. The number of aryl methyl sites for hydroxylation is 1. The molecular formula is C18H22O2. The van der Waals surface area contributed by atoms with Gasteiger partial charge < -0.3 is 10.2 Å². The number of hydrogen-bond acceptors (Lipinski definition) is 2. The third kappa shape index (κ3) is 3.77. The number of unbranched alkanes of at least 4 members (excludes halogenated alkanes) is 3. The standard InChI is InChI=1S/C18H22O2/c1-2-3-4-5-6-16-13-15(9-12-18(16)20)14-7-10-17(19)11-8-14/h7-13,19-20H,2-6H2,1H3. The first-order chi connectivity index (χ1) is 9.70. The van der Waals surface area contributed by atoms with Crippen molar-refractivity contribution >= 4 is 0 Å². The molecule has 2 aromatic rings. The van der Waals surface area contributed by atoms with Gasteiger partial charge in [0.25, 0.3) is 0 Å². The molecule has 106 valence electrons. The molecule has 0 aliphatic rings. The Morgan fingerprint density at radius 1 is 0.800 bits per heavy atom. The molecule has 0 spiro atoms. The smallest absolute Gasteiger partial charge is 0.118 e. The van der Waals surface area contributed by atoms with E-state index in [0.717, 1.165) is 29.5 Å². The first-order valence-corrected chi connectivity index (χ1v) is 7.32. The van der Waals surface area contributed by atoms with E-state index in [0.29, 0.717) is 5.75 Å². The van der Waals surface area contributed by atoms with Gasteiger partial charge in [0.15, 0.2) is 0 Å². The van der Waals surface area contributed by atoms with Crippen LogP contribution in [0.4, 0.5) is 0 Å². The maximum Gasteiger partial charge on any atom is 0.118 e. The van der Waals surface area contributed by atoms with Gasteiger partial charge in [0.05, 0.1) is 0 Å². The van der Waals surface area contributed by atoms with Gasteiger partial charge in [0, 0.05) is 0 Å². The fraction of sp³-hybridized carbons (Fsp3) is 0.333. The van der Waals surface area contributed by atoms with Gasteiger partial charge in [-0.2, -0.15) is 0 Å². The number of benzene rings is 2. The third-order valence-electron chi connectivity index (χ3n) is 3.58. The summed E-state index contributed by atoms with van der Waals surface area (Å²) in [6, 6.07) is 12.9. The van der Waals surface area contributed by atoms with E-state index in [4.69, 9.17) is 0 Å². The second-order valence-corrected chi connectivity index (χ2v) is 5.20. The Morgan fingerprint density at radius 2 is 1.50 bits per heavy atom. The van der Waals surface area contributed by atoms with Crippen molar-refractivity contribution in [1.82, 2.24) is 0 Å². The lowest BCUT2D eigenvalue weighted by Crippen LogP contribution is -1.88. The predicted octanol–water partition coefficient (Wildman–Crippen LogP) is 4.89. The number of rotatable bonds is 6. The highest BCUT2D eigenvalue weighted by molar-refractivity contribution is 5.66. The van der Waals surface area contributed by atoms with E-state index < -0.39 is 0 Å². The van der Waals surface area contributed by atoms with Gasteiger partial charge in [-0.15, -0.1) is 0 Å². The van der Waals surface area contributed by atoms with Crippen LogP contribution in [-0.4, -0.2) is 10.2 Å². The maximum absolute atomic E-state index is 9.94. The van der Waals surface area contributed by atoms with Crippen LogP contribution in [-0.2, 0) is 6.42 Å². The van der Waals surface area contributed by atoms with Gasteiger partial charge >= 0.3 is 0 Å². The van der Waals surface area contributed by atoms with Crippen LogP contribution >= 0.6 is 0 Å². The second-order valence-electron chi connectivity index (χ2n) is 5.20. The first kappa shape index (κ1) is 14.4. The molecule has 0 aliphatic heterocycles. The topological polar surface area (TPSA) is 40.5 Å². The average molecular weight is 270 g/mol. The van der Waals surface area contributed by atoms with E-state index in [2.05, 4.69) is 6.92 Å². The second kappa shape index (κ2) is 6.99. The molecule has 0 heterocycles. The molecule has 0 saturated carbocycles. The summed E-state index contributed by atoms with van der Waals surface area (Å²) in [6.45, 7) is 2.20. The van der Waals surface area contributed by atoms with Crippen LogP contribution < -0.4 is 0 Å². The van der Waals surface area contributed by atoms with Crippen LogP contribution in [0.1, 0.15) is 38.2 Å². The first-order valence-electron chi connectivity index (χ1n) is 7.32. The summed E-state index contributed by atoms with van der Waals surface area (Å²) < 4.78 is 0. The molecule has 0 atom stereocenters. The maximum atomic E-state index is 9.94. The van der Waals surface area contributed by atoms with E-state index >= 15 is 0 Å². The molecule has 20 heavy (non-hydrogen) atoms. The lowest BCUT2D eigenvalue weighted by atomic mass is 9.99. The van der Waals surface area contributed by atoms with Crippen molar-refractivity contribution in [2.24, 2.45) is 0 Å². The Morgan fingerprint density at radius 3 is 2.20 bits per heavy atom. The predicted molar refractivity (Wildman–Crippen MR) is 83.1 cm³/mol. The van der Waals surface area contributed by atoms with Crippen LogP contribution in [0.5, 0.6) is 11.5 Å². The van der Waals surface area contributed by atoms with E-state index in [9.17, 15) is 10.2 Å². The minimum absolute atomic E-state index is 0.271. The van der Waals surface area contributed by atoms with Gasteiger partial charge in [-0.3, -0.25) is 0 Å². The average Bonchev–Trinajstić information content (AvgIpc) is 2.46. The summed E-state index contributed by atoms with van der Waals surface area (Å²) in [5, 5.41) is 19.3. The summed E-state index contributed by atoms with van der Waals surface area (Å²) in [4.78, 5) is 0. The summed E-state index contributed by atoms with van der Waals surface area (Å²) in [6.07, 6.45) is 5.70. The third-order valence-corrected chi connectivity index (χ3v) is 3.58. The van der Waals surface area contributed by atoms with Crippen molar-refractivity contribution < 1.29 is 10.2 Å². The van der Waals surface area contributed by atoms with Crippen LogP contribution in [0.25, 0.3) is 11.1 Å². The van der Waals surface area contributed by atoms with Crippen LogP contribution in [0.3, 0.4) is 0 Å². The minimum Gasteiger partial charge on any atom is -0.508 e. The summed E-state index contributed by atoms with van der Waals surface area (Å²) >= 11 is 0. The molecule has 0 bridgehead atoms. The van der Waals surface area contributed by atoms with Crippen LogP contribution in [0, 0.1) is 0 Å². The molecule has 0 saturated heterocycles. The lowest BCUT2D eigenvalue weighted by Gasteiger charge is -2.08. The van der Waals surface area contributed by atoms with E-state index in [1.165, 1.54) is 19.3 Å². The zero-order chi connectivity index (χ0) is 14.4. The highest BCUT2D eigenvalue weighted by atomic mass is 16.3. The monoisotopic (exact) mass is 270 g/mol. The Balaban J connectivity index is 2.13. The fourth-order valence-corrected chi connectivity index (χ4v) is 2.36. The Labute approximate surface area is 120 Å². The van der Waals surface area contributed by atoms with Gasteiger partial charge in [0.1, 0.15) is 11.5 Å². The molecule has 2 rings (SSSR count). The van der Waals surface area contributed by atoms with Crippen molar-refractivity contribution in [3.8, 4) is 22.6 Å².